The van der Waals surface area contributed by atoms with Crippen LogP contribution in [0.1, 0.15) is 5.56 Å². The zero-order valence-corrected chi connectivity index (χ0v) is 16.4. The molecule has 0 radical (unpaired) electrons. The molecule has 2 rings (SSSR count). The molecule has 0 aliphatic carbocycles. The first-order valence-corrected chi connectivity index (χ1v) is 8.86. The van der Waals surface area contributed by atoms with E-state index < -0.39 is 10.0 Å². The summed E-state index contributed by atoms with van der Waals surface area (Å²) < 4.78 is 29.2. The van der Waals surface area contributed by atoms with Crippen LogP contribution < -0.4 is 15.8 Å². The summed E-state index contributed by atoms with van der Waals surface area (Å²) in [6, 6.07) is 7.64. The lowest BCUT2D eigenvalue weighted by Gasteiger charge is -2.37. The van der Waals surface area contributed by atoms with Gasteiger partial charge in [-0.1, -0.05) is 18.2 Å². The van der Waals surface area contributed by atoms with Crippen molar-refractivity contribution in [2.45, 2.75) is 6.54 Å². The second-order valence-corrected chi connectivity index (χ2v) is 7.32. The maximum atomic E-state index is 11.3. The summed E-state index contributed by atoms with van der Waals surface area (Å²) in [5.41, 5.74) is 6.79. The first kappa shape index (κ1) is 20.0. The van der Waals surface area contributed by atoms with Crippen LogP contribution in [-0.4, -0.2) is 51.7 Å². The number of aliphatic imine (C=N–C) groups is 1. The number of benzene rings is 1. The smallest absolute Gasteiger partial charge is 0.211 e. The Morgan fingerprint density at radius 2 is 2.09 bits per heavy atom. The Hall–Kier alpha value is -1.07. The zero-order chi connectivity index (χ0) is 16.2. The first-order chi connectivity index (χ1) is 10.4. The molecule has 1 aromatic rings. The van der Waals surface area contributed by atoms with Gasteiger partial charge in [-0.2, -0.15) is 0 Å². The number of nitrogens with one attached hydrogen (secondary N) is 1. The minimum absolute atomic E-state index is 0. The molecule has 0 amide bonds. The van der Waals surface area contributed by atoms with Gasteiger partial charge in [0.1, 0.15) is 5.75 Å². The monoisotopic (exact) mass is 454 g/mol. The van der Waals surface area contributed by atoms with Crippen molar-refractivity contribution in [2.24, 2.45) is 16.6 Å². The Kier molecular flexibility index (Phi) is 7.55. The molecule has 0 unspecified atom stereocenters. The second-order valence-electron chi connectivity index (χ2n) is 5.34. The number of hydrogen-bond acceptors (Lipinski definition) is 4. The van der Waals surface area contributed by atoms with Crippen LogP contribution in [-0.2, 0) is 16.6 Å². The van der Waals surface area contributed by atoms with Crippen LogP contribution in [0.2, 0.25) is 0 Å². The third-order valence-electron chi connectivity index (χ3n) is 3.58. The molecule has 130 valence electrons. The van der Waals surface area contributed by atoms with Crippen molar-refractivity contribution in [1.29, 1.82) is 0 Å². The van der Waals surface area contributed by atoms with Gasteiger partial charge >= 0.3 is 0 Å². The van der Waals surface area contributed by atoms with Crippen LogP contribution in [0.3, 0.4) is 0 Å². The number of hydrogen-bond donors (Lipinski definition) is 2. The standard InChI is InChI=1S/C14H22N4O3S.HI/c1-21-13-6-4-3-5-12(13)8-17-14(15)16-7-11-9-18(10-11)22(2,19)20;/h3-6,11H,7-10H2,1-2H3,(H3,15,16,17);1H. The number of para-hydroxylation sites is 1. The van der Waals surface area contributed by atoms with Crippen molar-refractivity contribution in [1.82, 2.24) is 9.62 Å². The minimum atomic E-state index is -3.06. The topological polar surface area (TPSA) is 97.0 Å². The van der Waals surface area contributed by atoms with Gasteiger partial charge in [0, 0.05) is 31.1 Å². The highest BCUT2D eigenvalue weighted by atomic mass is 127. The molecule has 1 aliphatic heterocycles. The van der Waals surface area contributed by atoms with Gasteiger partial charge in [0.25, 0.3) is 0 Å². The van der Waals surface area contributed by atoms with Gasteiger partial charge < -0.3 is 15.8 Å². The number of guanidine groups is 1. The molecule has 0 saturated carbocycles. The fourth-order valence-corrected chi connectivity index (χ4v) is 3.19. The van der Waals surface area contributed by atoms with E-state index in [0.29, 0.717) is 32.1 Å². The maximum Gasteiger partial charge on any atom is 0.211 e. The number of rotatable bonds is 6. The number of ether oxygens (including phenoxy) is 1. The predicted molar refractivity (Wildman–Crippen MR) is 102 cm³/mol. The molecule has 1 aliphatic rings. The summed E-state index contributed by atoms with van der Waals surface area (Å²) in [5.74, 6) is 1.40. The van der Waals surface area contributed by atoms with Crippen LogP contribution in [0.25, 0.3) is 0 Å². The number of nitrogens with two attached hydrogens (primary N) is 1. The molecule has 0 bridgehead atoms. The molecule has 3 N–H and O–H groups in total. The van der Waals surface area contributed by atoms with Gasteiger partial charge in [0.05, 0.1) is 19.9 Å². The Balaban J connectivity index is 0.00000264. The quantitative estimate of drug-likeness (QED) is 0.373. The summed E-state index contributed by atoms with van der Waals surface area (Å²) in [5, 5.41) is 3.03. The number of halogens is 1. The van der Waals surface area contributed by atoms with Gasteiger partial charge in [-0.15, -0.1) is 24.0 Å². The van der Waals surface area contributed by atoms with Crippen molar-refractivity contribution in [3.8, 4) is 5.75 Å². The van der Waals surface area contributed by atoms with E-state index in [1.54, 1.807) is 7.11 Å². The summed E-state index contributed by atoms with van der Waals surface area (Å²) in [4.78, 5) is 4.27. The number of nitrogens with zero attached hydrogens (tertiary/aromatic N) is 2. The molecular weight excluding hydrogens is 431 g/mol. The molecule has 9 heteroatoms. The lowest BCUT2D eigenvalue weighted by molar-refractivity contribution is 0.203. The predicted octanol–water partition coefficient (Wildman–Crippen LogP) is 0.609. The summed E-state index contributed by atoms with van der Waals surface area (Å²) >= 11 is 0. The van der Waals surface area contributed by atoms with E-state index in [1.165, 1.54) is 10.6 Å². The van der Waals surface area contributed by atoms with E-state index in [9.17, 15) is 8.42 Å². The second kappa shape index (κ2) is 8.69. The van der Waals surface area contributed by atoms with Crippen molar-refractivity contribution in [2.75, 3.05) is 33.0 Å². The van der Waals surface area contributed by atoms with Gasteiger partial charge in [0.2, 0.25) is 10.0 Å². The average Bonchev–Trinajstić information content (AvgIpc) is 2.42. The first-order valence-electron chi connectivity index (χ1n) is 7.01. The molecule has 1 heterocycles. The summed E-state index contributed by atoms with van der Waals surface area (Å²) in [6.45, 7) is 2.12. The molecule has 7 nitrogen and oxygen atoms in total. The van der Waals surface area contributed by atoms with E-state index in [-0.39, 0.29) is 29.9 Å². The van der Waals surface area contributed by atoms with Crippen LogP contribution in [0.4, 0.5) is 0 Å². The van der Waals surface area contributed by atoms with Crippen LogP contribution >= 0.6 is 24.0 Å². The lowest BCUT2D eigenvalue weighted by Crippen LogP contribution is -2.53. The fourth-order valence-electron chi connectivity index (χ4n) is 2.23. The molecule has 1 fully saturated rings. The Morgan fingerprint density at radius 3 is 2.70 bits per heavy atom. The minimum Gasteiger partial charge on any atom is -0.496 e. The van der Waals surface area contributed by atoms with E-state index in [4.69, 9.17) is 10.5 Å². The molecule has 0 atom stereocenters. The van der Waals surface area contributed by atoms with Gasteiger partial charge in [-0.3, -0.25) is 0 Å². The summed E-state index contributed by atoms with van der Waals surface area (Å²) in [7, 11) is -1.44. The van der Waals surface area contributed by atoms with Gasteiger partial charge in [0.15, 0.2) is 5.96 Å². The molecule has 0 aromatic heterocycles. The van der Waals surface area contributed by atoms with Crippen molar-refractivity contribution in [3.63, 3.8) is 0 Å². The fraction of sp³-hybridized carbons (Fsp3) is 0.500. The van der Waals surface area contributed by atoms with Crippen molar-refractivity contribution >= 4 is 40.0 Å². The van der Waals surface area contributed by atoms with Crippen LogP contribution in [0, 0.1) is 5.92 Å². The van der Waals surface area contributed by atoms with E-state index in [1.807, 2.05) is 24.3 Å². The van der Waals surface area contributed by atoms with E-state index in [0.717, 1.165) is 11.3 Å². The number of sulfonamides is 1. The Bertz CT molecular complexity index is 645. The Labute approximate surface area is 154 Å². The molecule has 23 heavy (non-hydrogen) atoms. The third-order valence-corrected chi connectivity index (χ3v) is 4.81. The van der Waals surface area contributed by atoms with Crippen LogP contribution in [0.15, 0.2) is 29.3 Å². The summed E-state index contributed by atoms with van der Waals surface area (Å²) in [6.07, 6.45) is 1.22. The number of methoxy groups -OCH3 is 1. The van der Waals surface area contributed by atoms with Gasteiger partial charge in [-0.25, -0.2) is 17.7 Å². The highest BCUT2D eigenvalue weighted by molar-refractivity contribution is 14.0. The highest BCUT2D eigenvalue weighted by Gasteiger charge is 2.32. The van der Waals surface area contributed by atoms with Gasteiger partial charge in [-0.05, 0) is 6.07 Å². The Morgan fingerprint density at radius 1 is 1.43 bits per heavy atom. The zero-order valence-electron chi connectivity index (χ0n) is 13.2. The van der Waals surface area contributed by atoms with Crippen LogP contribution in [0.5, 0.6) is 5.75 Å². The van der Waals surface area contributed by atoms with E-state index in [2.05, 4.69) is 10.3 Å². The van der Waals surface area contributed by atoms with Crippen molar-refractivity contribution in [3.05, 3.63) is 29.8 Å². The molecular formula is C14H23IN4O3S. The SMILES string of the molecule is COc1ccccc1CN=C(N)NCC1CN(S(C)(=O)=O)C1.I. The normalized spacial score (nSPS) is 16.3. The molecule has 0 spiro atoms. The highest BCUT2D eigenvalue weighted by Crippen LogP contribution is 2.18. The average molecular weight is 454 g/mol. The van der Waals surface area contributed by atoms with E-state index >= 15 is 0 Å². The third kappa shape index (κ3) is 5.81. The maximum absolute atomic E-state index is 11.3. The largest absolute Gasteiger partial charge is 0.496 e. The molecule has 1 aromatic carbocycles. The van der Waals surface area contributed by atoms with Crippen molar-refractivity contribution < 1.29 is 13.2 Å². The lowest BCUT2D eigenvalue weighted by atomic mass is 10.0. The molecule has 1 saturated heterocycles.